The Morgan fingerprint density at radius 3 is 2.23 bits per heavy atom. The number of hydrogen-bond acceptors (Lipinski definition) is 3. The molecule has 2 aliphatic heterocycles. The molecule has 0 N–H and O–H groups in total. The fourth-order valence-corrected chi connectivity index (χ4v) is 6.36. The molecular formula is C20H22ClNO3S. The van der Waals surface area contributed by atoms with Crippen LogP contribution in [0.15, 0.2) is 53.4 Å². The van der Waals surface area contributed by atoms with Crippen molar-refractivity contribution in [2.45, 2.75) is 48.8 Å². The van der Waals surface area contributed by atoms with Crippen LogP contribution in [0.1, 0.15) is 25.7 Å². The summed E-state index contributed by atoms with van der Waals surface area (Å²) in [4.78, 5) is 0.357. The average Bonchev–Trinajstić information content (AvgIpc) is 2.93. The van der Waals surface area contributed by atoms with Crippen LogP contribution in [0.2, 0.25) is 5.02 Å². The number of benzene rings is 2. The van der Waals surface area contributed by atoms with Crippen molar-refractivity contribution in [1.29, 1.82) is 0 Å². The van der Waals surface area contributed by atoms with E-state index < -0.39 is 10.0 Å². The molecule has 2 heterocycles. The molecule has 0 saturated carbocycles. The van der Waals surface area contributed by atoms with Crippen LogP contribution in [-0.4, -0.2) is 38.0 Å². The summed E-state index contributed by atoms with van der Waals surface area (Å²) < 4.78 is 33.6. The van der Waals surface area contributed by atoms with Crippen molar-refractivity contribution >= 4 is 21.6 Å². The molecule has 26 heavy (non-hydrogen) atoms. The van der Waals surface area contributed by atoms with Crippen molar-refractivity contribution in [1.82, 2.24) is 4.31 Å². The number of sulfonamides is 1. The monoisotopic (exact) mass is 391 g/mol. The number of halogens is 1. The maximum Gasteiger partial charge on any atom is 0.243 e. The average molecular weight is 392 g/mol. The van der Waals surface area contributed by atoms with Crippen LogP contribution in [0.4, 0.5) is 0 Å². The molecule has 0 spiro atoms. The number of methoxy groups -OCH3 is 1. The summed E-state index contributed by atoms with van der Waals surface area (Å²) in [6.45, 7) is 0. The number of fused-ring (bicyclic) bond motifs is 2. The third kappa shape index (κ3) is 3.18. The Hall–Kier alpha value is -1.40. The first kappa shape index (κ1) is 18.0. The second-order valence-electron chi connectivity index (χ2n) is 7.08. The Morgan fingerprint density at radius 1 is 1.00 bits per heavy atom. The molecule has 2 saturated heterocycles. The molecule has 4 nitrogen and oxygen atoms in total. The van der Waals surface area contributed by atoms with Crippen LogP contribution in [-0.2, 0) is 14.8 Å². The van der Waals surface area contributed by atoms with Gasteiger partial charge in [0, 0.05) is 24.2 Å². The standard InChI is InChI=1S/C20H22ClNO3S/c1-25-19-12-17-7-8-18(13-19)22(17)26(23,24)20-9-5-14(6-10-20)15-3-2-4-16(21)11-15/h2-6,9-11,17-19H,7-8,12-13H2,1H3. The third-order valence-corrected chi connectivity index (χ3v) is 7.80. The molecule has 0 amide bonds. The lowest BCUT2D eigenvalue weighted by atomic mass is 10.0. The molecular weight excluding hydrogens is 370 g/mol. The minimum Gasteiger partial charge on any atom is -0.381 e. The van der Waals surface area contributed by atoms with Crippen LogP contribution in [0.25, 0.3) is 11.1 Å². The lowest BCUT2D eigenvalue weighted by molar-refractivity contribution is 0.0349. The maximum atomic E-state index is 13.2. The smallest absolute Gasteiger partial charge is 0.243 e. The van der Waals surface area contributed by atoms with Crippen molar-refractivity contribution in [3.63, 3.8) is 0 Å². The Labute approximate surface area is 159 Å². The first-order valence-electron chi connectivity index (χ1n) is 8.91. The van der Waals surface area contributed by atoms with Gasteiger partial charge in [-0.15, -0.1) is 0 Å². The second kappa shape index (κ2) is 6.97. The summed E-state index contributed by atoms with van der Waals surface area (Å²) in [5.41, 5.74) is 1.93. The van der Waals surface area contributed by atoms with Crippen LogP contribution in [0, 0.1) is 0 Å². The quantitative estimate of drug-likeness (QED) is 0.778. The zero-order valence-corrected chi connectivity index (χ0v) is 16.2. The zero-order chi connectivity index (χ0) is 18.3. The van der Waals surface area contributed by atoms with Gasteiger partial charge in [-0.2, -0.15) is 4.31 Å². The van der Waals surface area contributed by atoms with Gasteiger partial charge in [0.1, 0.15) is 0 Å². The third-order valence-electron chi connectivity index (χ3n) is 5.54. The fourth-order valence-electron chi connectivity index (χ4n) is 4.28. The Balaban J connectivity index is 1.61. The van der Waals surface area contributed by atoms with E-state index in [0.717, 1.165) is 36.8 Å². The van der Waals surface area contributed by atoms with Gasteiger partial charge < -0.3 is 4.74 Å². The second-order valence-corrected chi connectivity index (χ2v) is 9.36. The van der Waals surface area contributed by atoms with Gasteiger partial charge in [-0.05, 0) is 61.1 Å². The van der Waals surface area contributed by atoms with Gasteiger partial charge in [0.25, 0.3) is 0 Å². The number of ether oxygens (including phenoxy) is 1. The molecule has 2 atom stereocenters. The molecule has 6 heteroatoms. The molecule has 2 bridgehead atoms. The minimum absolute atomic E-state index is 0.0521. The van der Waals surface area contributed by atoms with Gasteiger partial charge in [0.2, 0.25) is 10.0 Å². The van der Waals surface area contributed by atoms with Crippen molar-refractivity contribution in [2.24, 2.45) is 0 Å². The Morgan fingerprint density at radius 2 is 1.65 bits per heavy atom. The normalized spacial score (nSPS) is 26.2. The van der Waals surface area contributed by atoms with Crippen molar-refractivity contribution in [2.75, 3.05) is 7.11 Å². The molecule has 2 fully saturated rings. The van der Waals surface area contributed by atoms with Crippen molar-refractivity contribution < 1.29 is 13.2 Å². The lowest BCUT2D eigenvalue weighted by Gasteiger charge is -2.37. The highest BCUT2D eigenvalue weighted by molar-refractivity contribution is 7.89. The van der Waals surface area contributed by atoms with Gasteiger partial charge in [-0.1, -0.05) is 35.9 Å². The zero-order valence-electron chi connectivity index (χ0n) is 14.6. The van der Waals surface area contributed by atoms with E-state index in [-0.39, 0.29) is 18.2 Å². The van der Waals surface area contributed by atoms with E-state index in [1.807, 2.05) is 36.4 Å². The fraction of sp³-hybridized carbons (Fsp3) is 0.400. The highest BCUT2D eigenvalue weighted by Crippen LogP contribution is 2.40. The number of nitrogens with zero attached hydrogens (tertiary/aromatic N) is 1. The summed E-state index contributed by atoms with van der Waals surface area (Å²) >= 11 is 6.05. The number of piperidine rings is 1. The largest absolute Gasteiger partial charge is 0.381 e. The molecule has 0 radical (unpaired) electrons. The maximum absolute atomic E-state index is 13.2. The van der Waals surface area contributed by atoms with E-state index in [1.165, 1.54) is 0 Å². The molecule has 2 aromatic rings. The first-order chi connectivity index (χ1) is 12.5. The number of rotatable bonds is 4. The van der Waals surface area contributed by atoms with Gasteiger partial charge in [0.05, 0.1) is 11.0 Å². The van der Waals surface area contributed by atoms with Gasteiger partial charge >= 0.3 is 0 Å². The van der Waals surface area contributed by atoms with Crippen molar-refractivity contribution in [3.8, 4) is 11.1 Å². The van der Waals surface area contributed by atoms with E-state index in [2.05, 4.69) is 0 Å². The molecule has 2 aromatic carbocycles. The summed E-state index contributed by atoms with van der Waals surface area (Å²) in [6.07, 6.45) is 3.58. The minimum atomic E-state index is -3.48. The van der Waals surface area contributed by atoms with E-state index in [9.17, 15) is 8.42 Å². The van der Waals surface area contributed by atoms with Crippen LogP contribution in [0.3, 0.4) is 0 Å². The molecule has 0 aromatic heterocycles. The highest BCUT2D eigenvalue weighted by atomic mass is 35.5. The summed E-state index contributed by atoms with van der Waals surface area (Å²) in [5, 5.41) is 0.664. The van der Waals surface area contributed by atoms with Crippen molar-refractivity contribution in [3.05, 3.63) is 53.6 Å². The van der Waals surface area contributed by atoms with E-state index in [0.29, 0.717) is 9.92 Å². The van der Waals surface area contributed by atoms with Crippen LogP contribution in [0.5, 0.6) is 0 Å². The summed E-state index contributed by atoms with van der Waals surface area (Å²) in [5.74, 6) is 0. The predicted molar refractivity (Wildman–Crippen MR) is 103 cm³/mol. The predicted octanol–water partition coefficient (Wildman–Crippen LogP) is 4.34. The first-order valence-corrected chi connectivity index (χ1v) is 10.7. The van der Waals surface area contributed by atoms with E-state index in [4.69, 9.17) is 16.3 Å². The Kier molecular flexibility index (Phi) is 4.82. The summed E-state index contributed by atoms with van der Waals surface area (Å²) in [7, 11) is -1.77. The topological polar surface area (TPSA) is 46.6 Å². The van der Waals surface area contributed by atoms with Crippen LogP contribution >= 0.6 is 11.6 Å². The molecule has 2 unspecified atom stereocenters. The molecule has 2 aliphatic rings. The lowest BCUT2D eigenvalue weighted by Crippen LogP contribution is -2.48. The SMILES string of the molecule is COC1CC2CCC(C1)N2S(=O)(=O)c1ccc(-c2cccc(Cl)c2)cc1. The van der Waals surface area contributed by atoms with Gasteiger partial charge in [-0.3, -0.25) is 0 Å². The highest BCUT2D eigenvalue weighted by Gasteiger charge is 2.47. The van der Waals surface area contributed by atoms with Crippen LogP contribution < -0.4 is 0 Å². The van der Waals surface area contributed by atoms with E-state index in [1.54, 1.807) is 23.5 Å². The summed E-state index contributed by atoms with van der Waals surface area (Å²) in [6, 6.07) is 14.8. The Bertz CT molecular complexity index is 884. The molecule has 138 valence electrons. The molecule has 0 aliphatic carbocycles. The van der Waals surface area contributed by atoms with Gasteiger partial charge in [-0.25, -0.2) is 8.42 Å². The molecule has 4 rings (SSSR count). The van der Waals surface area contributed by atoms with E-state index >= 15 is 0 Å². The van der Waals surface area contributed by atoms with Gasteiger partial charge in [0.15, 0.2) is 0 Å². The number of hydrogen-bond donors (Lipinski definition) is 0.